The van der Waals surface area contributed by atoms with Crippen molar-refractivity contribution in [3.05, 3.63) is 59.4 Å². The van der Waals surface area contributed by atoms with Crippen LogP contribution in [0.25, 0.3) is 0 Å². The summed E-state index contributed by atoms with van der Waals surface area (Å²) >= 11 is 0. The molecule has 0 aliphatic carbocycles. The van der Waals surface area contributed by atoms with Crippen LogP contribution in [0.2, 0.25) is 0 Å². The number of aromatic nitrogens is 1. The van der Waals surface area contributed by atoms with Crippen LogP contribution >= 0.6 is 0 Å². The molecule has 3 rings (SSSR count). The second-order valence-corrected chi connectivity index (χ2v) is 8.03. The van der Waals surface area contributed by atoms with Crippen LogP contribution in [-0.4, -0.2) is 44.1 Å². The molecule has 1 aliphatic rings. The Morgan fingerprint density at radius 1 is 1.27 bits per heavy atom. The number of fused-ring (bicyclic) bond motifs is 1. The summed E-state index contributed by atoms with van der Waals surface area (Å²) < 4.78 is 30.2. The highest BCUT2D eigenvalue weighted by molar-refractivity contribution is 7.92. The van der Waals surface area contributed by atoms with Gasteiger partial charge in [0.1, 0.15) is 5.69 Å². The van der Waals surface area contributed by atoms with E-state index in [1.165, 1.54) is 16.6 Å². The van der Waals surface area contributed by atoms with E-state index in [9.17, 15) is 18.0 Å². The summed E-state index contributed by atoms with van der Waals surface area (Å²) in [6, 6.07) is 9.46. The van der Waals surface area contributed by atoms with Crippen LogP contribution in [0.5, 0.6) is 0 Å². The summed E-state index contributed by atoms with van der Waals surface area (Å²) in [5, 5.41) is 0. The number of carbonyl (C=O) groups excluding carboxylic acids is 2. The molecule has 2 aromatic rings. The lowest BCUT2D eigenvalue weighted by Crippen LogP contribution is -2.34. The zero-order valence-corrected chi connectivity index (χ0v) is 15.2. The first-order chi connectivity index (χ1) is 12.3. The Morgan fingerprint density at radius 3 is 2.69 bits per heavy atom. The Bertz CT molecular complexity index is 957. The maximum atomic E-state index is 12.3. The lowest BCUT2D eigenvalue weighted by Gasteiger charge is -2.21. The number of anilines is 1. The summed E-state index contributed by atoms with van der Waals surface area (Å²) in [7, 11) is -3.38. The van der Waals surface area contributed by atoms with Crippen LogP contribution in [0.1, 0.15) is 33.3 Å². The molecular formula is C18H18N2O5S. The summed E-state index contributed by atoms with van der Waals surface area (Å²) in [5.74, 6) is -1.03. The molecular weight excluding hydrogens is 356 g/mol. The number of ketones is 1. The number of hydrogen-bond donors (Lipinski definition) is 0. The zero-order valence-electron chi connectivity index (χ0n) is 14.4. The number of carbonyl (C=O) groups is 2. The van der Waals surface area contributed by atoms with Crippen LogP contribution in [-0.2, 0) is 21.2 Å². The molecule has 0 unspecified atom stereocenters. The average Bonchev–Trinajstić information content (AvgIpc) is 2.95. The summed E-state index contributed by atoms with van der Waals surface area (Å²) in [5.41, 5.74) is 1.87. The molecule has 136 valence electrons. The summed E-state index contributed by atoms with van der Waals surface area (Å²) in [6.07, 6.45) is 3.15. The van der Waals surface area contributed by atoms with Crippen LogP contribution in [0.3, 0.4) is 0 Å². The largest absolute Gasteiger partial charge is 0.453 e. The smallest absolute Gasteiger partial charge is 0.357 e. The number of pyridine rings is 1. The molecule has 8 heteroatoms. The fraction of sp³-hybridized carbons (Fsp3) is 0.278. The lowest BCUT2D eigenvalue weighted by atomic mass is 10.0. The van der Waals surface area contributed by atoms with Crippen molar-refractivity contribution in [2.45, 2.75) is 19.4 Å². The van der Waals surface area contributed by atoms with Gasteiger partial charge in [0.2, 0.25) is 10.0 Å². The molecule has 2 heterocycles. The summed E-state index contributed by atoms with van der Waals surface area (Å²) in [4.78, 5) is 28.0. The first-order valence-corrected chi connectivity index (χ1v) is 9.86. The van der Waals surface area contributed by atoms with Gasteiger partial charge in [-0.25, -0.2) is 18.2 Å². The van der Waals surface area contributed by atoms with Gasteiger partial charge in [0.15, 0.2) is 12.4 Å². The number of esters is 1. The predicted molar refractivity (Wildman–Crippen MR) is 95.8 cm³/mol. The minimum atomic E-state index is -3.38. The molecule has 0 bridgehead atoms. The fourth-order valence-corrected chi connectivity index (χ4v) is 4.32. The molecule has 0 radical (unpaired) electrons. The first kappa shape index (κ1) is 18.1. The van der Waals surface area contributed by atoms with Crippen molar-refractivity contribution in [2.24, 2.45) is 0 Å². The minimum absolute atomic E-state index is 0.131. The van der Waals surface area contributed by atoms with Gasteiger partial charge in [0, 0.05) is 17.8 Å². The molecule has 1 aromatic carbocycles. The van der Waals surface area contributed by atoms with Crippen molar-refractivity contribution in [3.8, 4) is 0 Å². The van der Waals surface area contributed by atoms with Crippen LogP contribution in [0, 0.1) is 0 Å². The molecule has 1 aliphatic heterocycles. The Labute approximate surface area is 151 Å². The maximum absolute atomic E-state index is 12.3. The molecule has 0 N–H and O–H groups in total. The van der Waals surface area contributed by atoms with E-state index in [0.717, 1.165) is 11.8 Å². The average molecular weight is 374 g/mol. The predicted octanol–water partition coefficient (Wildman–Crippen LogP) is 1.83. The maximum Gasteiger partial charge on any atom is 0.357 e. The third-order valence-electron chi connectivity index (χ3n) is 4.12. The van der Waals surface area contributed by atoms with E-state index in [1.54, 1.807) is 30.3 Å². The van der Waals surface area contributed by atoms with Crippen molar-refractivity contribution in [3.63, 3.8) is 0 Å². The van der Waals surface area contributed by atoms with E-state index in [2.05, 4.69) is 4.98 Å². The molecule has 0 fully saturated rings. The van der Waals surface area contributed by atoms with Gasteiger partial charge < -0.3 is 4.74 Å². The monoisotopic (exact) mass is 374 g/mol. The van der Waals surface area contributed by atoms with Crippen molar-refractivity contribution in [1.29, 1.82) is 0 Å². The van der Waals surface area contributed by atoms with Crippen LogP contribution in [0.15, 0.2) is 42.6 Å². The number of sulfonamides is 1. The summed E-state index contributed by atoms with van der Waals surface area (Å²) in [6.45, 7) is 1.41. The highest BCUT2D eigenvalue weighted by Crippen LogP contribution is 2.34. The molecule has 1 atom stereocenters. The number of nitrogens with zero attached hydrogens (tertiary/aromatic N) is 2. The van der Waals surface area contributed by atoms with Gasteiger partial charge in [-0.15, -0.1) is 0 Å². The first-order valence-electron chi connectivity index (χ1n) is 8.01. The molecule has 0 spiro atoms. The molecule has 0 amide bonds. The zero-order chi connectivity index (χ0) is 18.9. The normalized spacial score (nSPS) is 16.2. The second-order valence-electron chi connectivity index (χ2n) is 6.17. The fourth-order valence-electron chi connectivity index (χ4n) is 3.05. The van der Waals surface area contributed by atoms with E-state index in [-0.39, 0.29) is 17.5 Å². The number of Topliss-reactive ketones (excluding diaryl/α,β-unsaturated/α-hetero) is 1. The van der Waals surface area contributed by atoms with Gasteiger partial charge >= 0.3 is 5.97 Å². The standard InChI is InChI=1S/C18H18N2O5S/c1-12-9-14-10-13(6-7-16(14)20(12)26(2,23)24)17(21)11-25-18(22)15-5-3-4-8-19-15/h3-8,10,12H,9,11H2,1-2H3/t12-/m1/s1. The van der Waals surface area contributed by atoms with E-state index < -0.39 is 22.6 Å². The van der Waals surface area contributed by atoms with Gasteiger partial charge in [-0.2, -0.15) is 0 Å². The second kappa shape index (κ2) is 6.87. The number of hydrogen-bond acceptors (Lipinski definition) is 6. The Kier molecular flexibility index (Phi) is 4.78. The molecule has 0 saturated carbocycles. The van der Waals surface area contributed by atoms with Crippen LogP contribution in [0.4, 0.5) is 5.69 Å². The van der Waals surface area contributed by atoms with Crippen molar-refractivity contribution < 1.29 is 22.7 Å². The lowest BCUT2D eigenvalue weighted by molar-refractivity contribution is 0.0469. The van der Waals surface area contributed by atoms with E-state index >= 15 is 0 Å². The third kappa shape index (κ3) is 3.60. The molecule has 7 nitrogen and oxygen atoms in total. The molecule has 26 heavy (non-hydrogen) atoms. The van der Waals surface area contributed by atoms with E-state index in [0.29, 0.717) is 17.7 Å². The molecule has 1 aromatic heterocycles. The quantitative estimate of drug-likeness (QED) is 0.585. The highest BCUT2D eigenvalue weighted by Gasteiger charge is 2.32. The van der Waals surface area contributed by atoms with Gasteiger partial charge in [-0.3, -0.25) is 9.10 Å². The van der Waals surface area contributed by atoms with Gasteiger partial charge in [-0.1, -0.05) is 6.07 Å². The van der Waals surface area contributed by atoms with Crippen LogP contribution < -0.4 is 4.31 Å². The minimum Gasteiger partial charge on any atom is -0.453 e. The van der Waals surface area contributed by atoms with Gasteiger partial charge in [-0.05, 0) is 49.2 Å². The SMILES string of the molecule is C[C@@H]1Cc2cc(C(=O)COC(=O)c3ccccn3)ccc2N1S(C)(=O)=O. The highest BCUT2D eigenvalue weighted by atomic mass is 32.2. The van der Waals surface area contributed by atoms with E-state index in [1.807, 2.05) is 6.92 Å². The Morgan fingerprint density at radius 2 is 2.04 bits per heavy atom. The number of rotatable bonds is 5. The Hall–Kier alpha value is -2.74. The van der Waals surface area contributed by atoms with E-state index in [4.69, 9.17) is 4.74 Å². The van der Waals surface area contributed by atoms with Gasteiger partial charge in [0.05, 0.1) is 11.9 Å². The van der Waals surface area contributed by atoms with Crippen molar-refractivity contribution >= 4 is 27.5 Å². The Balaban J connectivity index is 1.72. The number of benzene rings is 1. The topological polar surface area (TPSA) is 93.6 Å². The number of ether oxygens (including phenoxy) is 1. The van der Waals surface area contributed by atoms with Crippen molar-refractivity contribution in [1.82, 2.24) is 4.98 Å². The van der Waals surface area contributed by atoms with Gasteiger partial charge in [0.25, 0.3) is 0 Å². The molecule has 0 saturated heterocycles. The third-order valence-corrected chi connectivity index (χ3v) is 5.39. The van der Waals surface area contributed by atoms with Crippen molar-refractivity contribution in [2.75, 3.05) is 17.2 Å².